The minimum Gasteiger partial charge on any atom is -0.455 e. The Kier molecular flexibility index (Phi) is 5.31. The second kappa shape index (κ2) is 9.51. The number of fused-ring (bicyclic) bond motifs is 11. The molecule has 0 atom stereocenters. The second-order valence-corrected chi connectivity index (χ2v) is 13.0. The summed E-state index contributed by atoms with van der Waals surface area (Å²) in [5.41, 5.74) is 12.8. The van der Waals surface area contributed by atoms with E-state index < -0.39 is 0 Å². The first kappa shape index (κ1) is 26.2. The summed E-state index contributed by atoms with van der Waals surface area (Å²) in [4.78, 5) is 10.4. The highest BCUT2D eigenvalue weighted by Gasteiger charge is 2.37. The van der Waals surface area contributed by atoms with Crippen molar-refractivity contribution in [3.63, 3.8) is 0 Å². The summed E-state index contributed by atoms with van der Waals surface area (Å²) in [6.45, 7) is 4.62. The van der Waals surface area contributed by atoms with Crippen molar-refractivity contribution in [1.82, 2.24) is 14.5 Å². The third-order valence-corrected chi connectivity index (χ3v) is 10.0. The summed E-state index contributed by atoms with van der Waals surface area (Å²) < 4.78 is 9.24. The van der Waals surface area contributed by atoms with E-state index >= 15 is 0 Å². The average Bonchev–Trinajstić information content (AvgIpc) is 3.74. The largest absolute Gasteiger partial charge is 0.455 e. The van der Waals surface area contributed by atoms with Gasteiger partial charge < -0.3 is 4.42 Å². The third-order valence-electron chi connectivity index (χ3n) is 10.0. The molecule has 3 heterocycles. The highest BCUT2D eigenvalue weighted by atomic mass is 16.3. The first-order valence-electron chi connectivity index (χ1n) is 16.1. The van der Waals surface area contributed by atoms with Gasteiger partial charge in [-0.05, 0) is 41.0 Å². The number of para-hydroxylation sites is 1. The van der Waals surface area contributed by atoms with Crippen molar-refractivity contribution in [3.05, 3.63) is 151 Å². The van der Waals surface area contributed by atoms with Crippen molar-refractivity contribution >= 4 is 43.7 Å². The Labute approximate surface area is 271 Å². The van der Waals surface area contributed by atoms with Crippen LogP contribution in [0.15, 0.2) is 144 Å². The van der Waals surface area contributed by atoms with E-state index in [2.05, 4.69) is 122 Å². The summed E-state index contributed by atoms with van der Waals surface area (Å²) in [6, 6.07) is 49.0. The Bertz CT molecular complexity index is 2640. The van der Waals surface area contributed by atoms with Crippen LogP contribution in [0.25, 0.3) is 83.3 Å². The number of hydrogen-bond acceptors (Lipinski definition) is 3. The molecule has 47 heavy (non-hydrogen) atoms. The molecule has 1 aliphatic rings. The highest BCUT2D eigenvalue weighted by Crippen LogP contribution is 2.53. The fraction of sp³-hybridized carbons (Fsp3) is 0.0698. The van der Waals surface area contributed by atoms with Crippen LogP contribution >= 0.6 is 0 Å². The molecule has 222 valence electrons. The predicted molar refractivity (Wildman–Crippen MR) is 192 cm³/mol. The zero-order valence-electron chi connectivity index (χ0n) is 26.0. The van der Waals surface area contributed by atoms with Crippen molar-refractivity contribution in [2.24, 2.45) is 0 Å². The van der Waals surface area contributed by atoms with Gasteiger partial charge >= 0.3 is 0 Å². The van der Waals surface area contributed by atoms with E-state index in [0.717, 1.165) is 66.3 Å². The molecule has 3 aromatic heterocycles. The van der Waals surface area contributed by atoms with Crippen molar-refractivity contribution < 1.29 is 4.42 Å². The van der Waals surface area contributed by atoms with Crippen LogP contribution in [-0.2, 0) is 5.41 Å². The molecule has 0 fully saturated rings. The molecule has 1 aliphatic carbocycles. The van der Waals surface area contributed by atoms with E-state index in [9.17, 15) is 0 Å². The molecule has 4 heteroatoms. The van der Waals surface area contributed by atoms with Crippen LogP contribution in [0.3, 0.4) is 0 Å². The monoisotopic (exact) mass is 603 g/mol. The Morgan fingerprint density at radius 2 is 1.15 bits per heavy atom. The summed E-state index contributed by atoms with van der Waals surface area (Å²) >= 11 is 0. The quantitative estimate of drug-likeness (QED) is 0.202. The molecule has 4 nitrogen and oxygen atoms in total. The number of benzene rings is 6. The second-order valence-electron chi connectivity index (χ2n) is 13.0. The lowest BCUT2D eigenvalue weighted by Crippen LogP contribution is -2.14. The van der Waals surface area contributed by atoms with Crippen LogP contribution in [-0.4, -0.2) is 14.5 Å². The van der Waals surface area contributed by atoms with Crippen molar-refractivity contribution in [1.29, 1.82) is 0 Å². The van der Waals surface area contributed by atoms with Gasteiger partial charge in [0.05, 0.1) is 27.8 Å². The molecule has 9 aromatic rings. The molecule has 6 aromatic carbocycles. The maximum atomic E-state index is 7.05. The first-order valence-corrected chi connectivity index (χ1v) is 16.1. The van der Waals surface area contributed by atoms with Gasteiger partial charge in [-0.15, -0.1) is 0 Å². The van der Waals surface area contributed by atoms with Gasteiger partial charge in [0.25, 0.3) is 0 Å². The Hall–Kier alpha value is -6.00. The van der Waals surface area contributed by atoms with Gasteiger partial charge in [-0.25, -0.2) is 9.97 Å². The summed E-state index contributed by atoms with van der Waals surface area (Å²) in [5, 5.41) is 4.44. The molecule has 0 spiro atoms. The standard InChI is InChI=1S/C43H29N3O/c1-43(2)32-19-11-9-17-30(32)38-33(43)23-21-28-29-22-24-37-39(41(29)47-40(28)38)31-18-10-12-20-36(31)46(37)42-44-34(26-13-5-3-6-14-26)25-35(45-42)27-15-7-4-8-16-27/h3-25H,1-2H3. The van der Waals surface area contributed by atoms with Gasteiger partial charge in [-0.2, -0.15) is 0 Å². The summed E-state index contributed by atoms with van der Waals surface area (Å²) in [7, 11) is 0. The van der Waals surface area contributed by atoms with Crippen LogP contribution in [0, 0.1) is 0 Å². The average molecular weight is 604 g/mol. The van der Waals surface area contributed by atoms with Crippen LogP contribution in [0.4, 0.5) is 0 Å². The smallest absolute Gasteiger partial charge is 0.235 e. The van der Waals surface area contributed by atoms with Gasteiger partial charge in [-0.3, -0.25) is 4.57 Å². The number of rotatable bonds is 3. The van der Waals surface area contributed by atoms with Gasteiger partial charge in [0, 0.05) is 38.3 Å². The maximum Gasteiger partial charge on any atom is 0.235 e. The molecule has 0 N–H and O–H groups in total. The number of aromatic nitrogens is 3. The van der Waals surface area contributed by atoms with Gasteiger partial charge in [0.2, 0.25) is 5.95 Å². The Balaban J connectivity index is 1.29. The first-order chi connectivity index (χ1) is 23.1. The van der Waals surface area contributed by atoms with E-state index in [0.29, 0.717) is 5.95 Å². The van der Waals surface area contributed by atoms with Gasteiger partial charge in [-0.1, -0.05) is 129 Å². The van der Waals surface area contributed by atoms with Gasteiger partial charge in [0.15, 0.2) is 0 Å². The molecule has 0 unspecified atom stereocenters. The third kappa shape index (κ3) is 3.64. The minimum absolute atomic E-state index is 0.0952. The van der Waals surface area contributed by atoms with Crippen molar-refractivity contribution in [3.8, 4) is 39.6 Å². The highest BCUT2D eigenvalue weighted by molar-refractivity contribution is 6.25. The minimum atomic E-state index is -0.0952. The fourth-order valence-corrected chi connectivity index (χ4v) is 7.79. The predicted octanol–water partition coefficient (Wildman–Crippen LogP) is 11.1. The molecule has 0 amide bonds. The zero-order valence-corrected chi connectivity index (χ0v) is 26.0. The molecule has 0 saturated carbocycles. The molecule has 0 saturated heterocycles. The van der Waals surface area contributed by atoms with E-state index in [1.165, 1.54) is 22.3 Å². The van der Waals surface area contributed by atoms with Gasteiger partial charge in [0.1, 0.15) is 11.2 Å². The lowest BCUT2D eigenvalue weighted by Gasteiger charge is -2.21. The van der Waals surface area contributed by atoms with Crippen molar-refractivity contribution in [2.75, 3.05) is 0 Å². The number of nitrogens with zero attached hydrogens (tertiary/aromatic N) is 3. The lowest BCUT2D eigenvalue weighted by atomic mass is 9.82. The van der Waals surface area contributed by atoms with E-state index in [1.54, 1.807) is 0 Å². The van der Waals surface area contributed by atoms with E-state index in [-0.39, 0.29) is 5.41 Å². The number of furan rings is 1. The molecular formula is C43H29N3O. The lowest BCUT2D eigenvalue weighted by molar-refractivity contribution is 0.654. The van der Waals surface area contributed by atoms with E-state index in [4.69, 9.17) is 14.4 Å². The zero-order chi connectivity index (χ0) is 31.3. The van der Waals surface area contributed by atoms with E-state index in [1.807, 2.05) is 36.4 Å². The van der Waals surface area contributed by atoms with Crippen LogP contribution in [0.1, 0.15) is 25.0 Å². The summed E-state index contributed by atoms with van der Waals surface area (Å²) in [5.74, 6) is 0.628. The normalized spacial score (nSPS) is 13.5. The topological polar surface area (TPSA) is 43.9 Å². The van der Waals surface area contributed by atoms with Crippen LogP contribution in [0.2, 0.25) is 0 Å². The molecule has 0 bridgehead atoms. The van der Waals surface area contributed by atoms with Crippen LogP contribution in [0.5, 0.6) is 0 Å². The van der Waals surface area contributed by atoms with Crippen molar-refractivity contribution in [2.45, 2.75) is 19.3 Å². The Morgan fingerprint density at radius 1 is 0.532 bits per heavy atom. The Morgan fingerprint density at radius 3 is 1.89 bits per heavy atom. The molecule has 0 radical (unpaired) electrons. The van der Waals surface area contributed by atoms with Crippen LogP contribution < -0.4 is 0 Å². The summed E-state index contributed by atoms with van der Waals surface area (Å²) in [6.07, 6.45) is 0. The molecule has 0 aliphatic heterocycles. The maximum absolute atomic E-state index is 7.05. The number of hydrogen-bond donors (Lipinski definition) is 0. The SMILES string of the molecule is CC1(C)c2ccccc2-c2c1ccc1c2oc2c1ccc1c2c2ccccc2n1-c1nc(-c2ccccc2)cc(-c2ccccc2)n1. The molecule has 10 rings (SSSR count). The molecular weight excluding hydrogens is 574 g/mol. The fourth-order valence-electron chi connectivity index (χ4n) is 7.79.